The highest BCUT2D eigenvalue weighted by molar-refractivity contribution is 7.90. The van der Waals surface area contributed by atoms with Gasteiger partial charge >= 0.3 is 0 Å². The molecule has 0 saturated heterocycles. The van der Waals surface area contributed by atoms with Crippen LogP contribution in [0.3, 0.4) is 0 Å². The Labute approximate surface area is 245 Å². The molecule has 0 atom stereocenters. The van der Waals surface area contributed by atoms with Crippen LogP contribution in [-0.4, -0.2) is 50.1 Å². The second kappa shape index (κ2) is 12.0. The number of rotatable bonds is 9. The number of aryl methyl sites for hydroxylation is 1. The second-order valence-electron chi connectivity index (χ2n) is 11.0. The smallest absolute Gasteiger partial charge is 0.223 e. The molecule has 0 spiro atoms. The van der Waals surface area contributed by atoms with Crippen LogP contribution in [0.25, 0.3) is 22.3 Å². The van der Waals surface area contributed by atoms with Crippen molar-refractivity contribution in [3.05, 3.63) is 77.2 Å². The highest BCUT2D eigenvalue weighted by atomic mass is 32.2. The van der Waals surface area contributed by atoms with Gasteiger partial charge in [0.2, 0.25) is 5.95 Å². The van der Waals surface area contributed by atoms with Gasteiger partial charge in [0.1, 0.15) is 11.3 Å². The average molecular weight is 612 g/mol. The Balaban J connectivity index is 1.33. The zero-order valence-electron chi connectivity index (χ0n) is 23.5. The van der Waals surface area contributed by atoms with E-state index in [4.69, 9.17) is 10.7 Å². The molecule has 1 aliphatic carbocycles. The molecule has 9 nitrogen and oxygen atoms in total. The maximum absolute atomic E-state index is 15.2. The van der Waals surface area contributed by atoms with Gasteiger partial charge in [0.25, 0.3) is 0 Å². The average Bonchev–Trinajstić information content (AvgIpc) is 2.94. The standard InChI is InChI=1S/C30H34FN5O4S2/c1-3-20-15-27(35-28-16-33-30(36-29(20)28)34-24-10-8-23(32)9-11-24)21-6-7-22(26(31)14-21)18-42(39,40)17-19-4-12-25(13-5-19)41(2,37)38/h4-7,12-16,23-24H,3,8-11,17-18,32H2,1-2H3,(H,33,34,36). The number of pyridine rings is 1. The van der Waals surface area contributed by atoms with Crippen LogP contribution in [0.5, 0.6) is 0 Å². The van der Waals surface area contributed by atoms with E-state index >= 15 is 4.39 Å². The fourth-order valence-corrected chi connectivity index (χ4v) is 7.36. The van der Waals surface area contributed by atoms with Gasteiger partial charge in [-0.15, -0.1) is 0 Å². The van der Waals surface area contributed by atoms with E-state index in [0.717, 1.165) is 43.0 Å². The van der Waals surface area contributed by atoms with E-state index in [0.29, 0.717) is 34.7 Å². The largest absolute Gasteiger partial charge is 0.351 e. The Morgan fingerprint density at radius 1 is 0.929 bits per heavy atom. The van der Waals surface area contributed by atoms with Gasteiger partial charge in [-0.05, 0) is 67.5 Å². The summed E-state index contributed by atoms with van der Waals surface area (Å²) in [4.78, 5) is 14.0. The third-order valence-electron chi connectivity index (χ3n) is 7.57. The molecule has 1 aliphatic rings. The number of hydrogen-bond acceptors (Lipinski definition) is 9. The van der Waals surface area contributed by atoms with Crippen LogP contribution in [0, 0.1) is 5.82 Å². The summed E-state index contributed by atoms with van der Waals surface area (Å²) in [7, 11) is -7.11. The molecule has 12 heteroatoms. The number of sulfone groups is 2. The number of hydrogen-bond donors (Lipinski definition) is 2. The number of nitrogens with two attached hydrogens (primary N) is 1. The van der Waals surface area contributed by atoms with Crippen molar-refractivity contribution < 1.29 is 21.2 Å². The molecule has 3 N–H and O–H groups in total. The first-order valence-electron chi connectivity index (χ1n) is 13.9. The SMILES string of the molecule is CCc1cc(-c2ccc(CS(=O)(=O)Cc3ccc(S(C)(=O)=O)cc3)c(F)c2)nc2cnc(NC3CCC(N)CC3)nc12. The van der Waals surface area contributed by atoms with Crippen LogP contribution in [-0.2, 0) is 37.6 Å². The molecule has 2 aromatic heterocycles. The molecule has 4 aromatic rings. The number of nitrogens with zero attached hydrogens (tertiary/aromatic N) is 3. The van der Waals surface area contributed by atoms with E-state index in [1.165, 1.54) is 36.4 Å². The van der Waals surface area contributed by atoms with Gasteiger partial charge in [-0.2, -0.15) is 0 Å². The Morgan fingerprint density at radius 3 is 2.29 bits per heavy atom. The molecule has 0 amide bonds. The van der Waals surface area contributed by atoms with Crippen molar-refractivity contribution in [2.24, 2.45) is 5.73 Å². The van der Waals surface area contributed by atoms with Gasteiger partial charge in [-0.25, -0.2) is 36.2 Å². The van der Waals surface area contributed by atoms with Crippen LogP contribution in [0.4, 0.5) is 10.3 Å². The highest BCUT2D eigenvalue weighted by Crippen LogP contribution is 2.28. The summed E-state index contributed by atoms with van der Waals surface area (Å²) >= 11 is 0. The Hall–Kier alpha value is -3.48. The number of aromatic nitrogens is 3. The van der Waals surface area contributed by atoms with Crippen LogP contribution in [0.1, 0.15) is 49.3 Å². The first-order valence-corrected chi connectivity index (χ1v) is 17.6. The predicted octanol–water partition coefficient (Wildman–Crippen LogP) is 4.59. The van der Waals surface area contributed by atoms with Crippen molar-refractivity contribution in [1.29, 1.82) is 0 Å². The molecule has 2 aromatic carbocycles. The summed E-state index contributed by atoms with van der Waals surface area (Å²) in [6.07, 6.45) is 7.33. The van der Waals surface area contributed by atoms with Crippen LogP contribution < -0.4 is 11.1 Å². The van der Waals surface area contributed by atoms with E-state index in [2.05, 4.69) is 15.3 Å². The summed E-state index contributed by atoms with van der Waals surface area (Å²) in [5.41, 5.74) is 9.83. The molecular weight excluding hydrogens is 577 g/mol. The maximum atomic E-state index is 15.2. The molecule has 0 unspecified atom stereocenters. The molecule has 0 bridgehead atoms. The van der Waals surface area contributed by atoms with Crippen LogP contribution in [0.15, 0.2) is 59.6 Å². The van der Waals surface area contributed by atoms with Crippen molar-refractivity contribution in [2.75, 3.05) is 11.6 Å². The van der Waals surface area contributed by atoms with Crippen molar-refractivity contribution >= 4 is 36.7 Å². The maximum Gasteiger partial charge on any atom is 0.223 e. The van der Waals surface area contributed by atoms with E-state index in [-0.39, 0.29) is 28.3 Å². The van der Waals surface area contributed by atoms with Crippen molar-refractivity contribution in [2.45, 2.75) is 67.5 Å². The molecule has 0 radical (unpaired) electrons. The number of fused-ring (bicyclic) bond motifs is 1. The number of anilines is 1. The number of nitrogens with one attached hydrogen (secondary N) is 1. The van der Waals surface area contributed by atoms with Crippen LogP contribution >= 0.6 is 0 Å². The minimum absolute atomic E-state index is 0.0470. The molecule has 5 rings (SSSR count). The second-order valence-corrected chi connectivity index (χ2v) is 15.0. The number of halogens is 1. The lowest BCUT2D eigenvalue weighted by Gasteiger charge is -2.26. The monoisotopic (exact) mass is 611 g/mol. The van der Waals surface area contributed by atoms with Gasteiger partial charge in [0.05, 0.1) is 33.8 Å². The van der Waals surface area contributed by atoms with E-state index in [9.17, 15) is 16.8 Å². The topological polar surface area (TPSA) is 145 Å². The third kappa shape index (κ3) is 7.11. The molecule has 0 aliphatic heterocycles. The van der Waals surface area contributed by atoms with Crippen molar-refractivity contribution in [1.82, 2.24) is 15.0 Å². The van der Waals surface area contributed by atoms with Gasteiger partial charge < -0.3 is 11.1 Å². The molecule has 42 heavy (non-hydrogen) atoms. The lowest BCUT2D eigenvalue weighted by molar-refractivity contribution is 0.410. The quantitative estimate of drug-likeness (QED) is 0.277. The first kappa shape index (κ1) is 30.0. The van der Waals surface area contributed by atoms with E-state index in [1.54, 1.807) is 12.3 Å². The minimum Gasteiger partial charge on any atom is -0.351 e. The Bertz CT molecular complexity index is 1820. The zero-order chi connectivity index (χ0) is 30.1. The Kier molecular flexibility index (Phi) is 8.58. The summed E-state index contributed by atoms with van der Waals surface area (Å²) in [5, 5.41) is 3.42. The fourth-order valence-electron chi connectivity index (χ4n) is 5.22. The van der Waals surface area contributed by atoms with Gasteiger partial charge in [-0.1, -0.05) is 31.2 Å². The molecule has 2 heterocycles. The third-order valence-corrected chi connectivity index (χ3v) is 10.2. The summed E-state index contributed by atoms with van der Waals surface area (Å²) < 4.78 is 64.2. The molecule has 1 fully saturated rings. The minimum atomic E-state index is -3.73. The van der Waals surface area contributed by atoms with Gasteiger partial charge in [0.15, 0.2) is 19.7 Å². The zero-order valence-corrected chi connectivity index (χ0v) is 25.2. The van der Waals surface area contributed by atoms with Gasteiger partial charge in [0, 0.05) is 29.5 Å². The summed E-state index contributed by atoms with van der Waals surface area (Å²) in [6.45, 7) is 2.01. The number of benzene rings is 2. The van der Waals surface area contributed by atoms with E-state index < -0.39 is 31.2 Å². The van der Waals surface area contributed by atoms with Gasteiger partial charge in [-0.3, -0.25) is 0 Å². The summed E-state index contributed by atoms with van der Waals surface area (Å²) in [6, 6.07) is 12.5. The lowest BCUT2D eigenvalue weighted by Crippen LogP contribution is -2.33. The molecular formula is C30H34FN5O4S2. The normalized spacial score (nSPS) is 17.8. The van der Waals surface area contributed by atoms with Crippen molar-refractivity contribution in [3.63, 3.8) is 0 Å². The summed E-state index contributed by atoms with van der Waals surface area (Å²) in [5.74, 6) is -0.925. The van der Waals surface area contributed by atoms with Crippen LogP contribution in [0.2, 0.25) is 0 Å². The lowest BCUT2D eigenvalue weighted by atomic mass is 9.92. The Morgan fingerprint density at radius 2 is 1.64 bits per heavy atom. The first-order chi connectivity index (χ1) is 19.9. The van der Waals surface area contributed by atoms with E-state index in [1.807, 2.05) is 13.0 Å². The van der Waals surface area contributed by atoms with Crippen molar-refractivity contribution in [3.8, 4) is 11.3 Å². The molecule has 1 saturated carbocycles. The predicted molar refractivity (Wildman–Crippen MR) is 162 cm³/mol. The fraction of sp³-hybridized carbons (Fsp3) is 0.367. The molecule has 222 valence electrons. The highest BCUT2D eigenvalue weighted by Gasteiger charge is 2.21.